The summed E-state index contributed by atoms with van der Waals surface area (Å²) in [4.78, 5) is 31.5. The van der Waals surface area contributed by atoms with Crippen molar-refractivity contribution < 1.29 is 9.90 Å². The fourth-order valence-corrected chi connectivity index (χ4v) is 5.18. The number of amides is 1. The third-order valence-corrected chi connectivity index (χ3v) is 6.60. The molecule has 3 aromatic rings. The van der Waals surface area contributed by atoms with E-state index in [4.69, 9.17) is 0 Å². The summed E-state index contributed by atoms with van der Waals surface area (Å²) in [5.41, 5.74) is 1.75. The smallest absolute Gasteiger partial charge is 0.262 e. The molecule has 1 aromatic carbocycles. The van der Waals surface area contributed by atoms with Gasteiger partial charge in [-0.3, -0.25) is 14.2 Å². The highest BCUT2D eigenvalue weighted by Crippen LogP contribution is 2.35. The van der Waals surface area contributed by atoms with E-state index in [9.17, 15) is 14.7 Å². The first kappa shape index (κ1) is 17.1. The number of carbonyl (C=O) groups is 1. The standard InChI is InChI=1S/C18H17N3O3S2/c1-21-17(24)15-12-3-2-4-13(12)26-16(15)20-18(21)25-9-14(23)19-10-5-7-11(22)8-6-10/h5-8,22H,2-4,9H2,1H3,(H,19,23). The number of rotatable bonds is 4. The quantitative estimate of drug-likeness (QED) is 0.409. The van der Waals surface area contributed by atoms with Gasteiger partial charge in [0, 0.05) is 17.6 Å². The molecule has 2 N–H and O–H groups in total. The van der Waals surface area contributed by atoms with Gasteiger partial charge >= 0.3 is 0 Å². The zero-order valence-corrected chi connectivity index (χ0v) is 15.7. The molecule has 2 aromatic heterocycles. The van der Waals surface area contributed by atoms with Gasteiger partial charge in [-0.2, -0.15) is 0 Å². The summed E-state index contributed by atoms with van der Waals surface area (Å²) in [6, 6.07) is 6.28. The Morgan fingerprint density at radius 2 is 2.12 bits per heavy atom. The maximum atomic E-state index is 12.7. The number of hydrogen-bond donors (Lipinski definition) is 2. The summed E-state index contributed by atoms with van der Waals surface area (Å²) >= 11 is 2.84. The number of phenolic OH excluding ortho intramolecular Hbond substituents is 1. The number of aromatic hydroxyl groups is 1. The Kier molecular flexibility index (Phi) is 4.46. The number of benzene rings is 1. The van der Waals surface area contributed by atoms with Crippen molar-refractivity contribution in [1.29, 1.82) is 0 Å². The van der Waals surface area contributed by atoms with Crippen molar-refractivity contribution in [2.24, 2.45) is 7.05 Å². The normalized spacial score (nSPS) is 13.1. The van der Waals surface area contributed by atoms with Gasteiger partial charge in [0.1, 0.15) is 10.6 Å². The van der Waals surface area contributed by atoms with Crippen LogP contribution in [0.4, 0.5) is 5.69 Å². The number of nitrogens with one attached hydrogen (secondary N) is 1. The van der Waals surface area contributed by atoms with Gasteiger partial charge in [0.05, 0.1) is 11.1 Å². The highest BCUT2D eigenvalue weighted by Gasteiger charge is 2.22. The number of fused-ring (bicyclic) bond motifs is 3. The average Bonchev–Trinajstić information content (AvgIpc) is 3.19. The van der Waals surface area contributed by atoms with Crippen LogP contribution in [0.1, 0.15) is 16.9 Å². The molecule has 0 aliphatic heterocycles. The van der Waals surface area contributed by atoms with Gasteiger partial charge in [0.15, 0.2) is 5.16 Å². The van der Waals surface area contributed by atoms with E-state index < -0.39 is 0 Å². The molecule has 2 heterocycles. The number of anilines is 1. The summed E-state index contributed by atoms with van der Waals surface area (Å²) in [5.74, 6) is 0.106. The molecule has 1 aliphatic carbocycles. The van der Waals surface area contributed by atoms with Gasteiger partial charge in [-0.05, 0) is 49.1 Å². The molecule has 4 rings (SSSR count). The molecule has 0 unspecified atom stereocenters. The SMILES string of the molecule is Cn1c(SCC(=O)Nc2ccc(O)cc2)nc2sc3c(c2c1=O)CCC3. The minimum absolute atomic E-state index is 0.0316. The van der Waals surface area contributed by atoms with Gasteiger partial charge < -0.3 is 10.4 Å². The fourth-order valence-electron chi connectivity index (χ4n) is 3.11. The van der Waals surface area contributed by atoms with Crippen LogP contribution >= 0.6 is 23.1 Å². The second-order valence-electron chi connectivity index (χ2n) is 6.18. The number of aryl methyl sites for hydroxylation is 2. The van der Waals surface area contributed by atoms with E-state index in [1.807, 2.05) is 0 Å². The average molecular weight is 387 g/mol. The molecule has 0 fully saturated rings. The number of hydrogen-bond acceptors (Lipinski definition) is 6. The number of nitrogens with zero attached hydrogens (tertiary/aromatic N) is 2. The molecule has 0 saturated heterocycles. The van der Waals surface area contributed by atoms with Gasteiger partial charge in [-0.1, -0.05) is 11.8 Å². The lowest BCUT2D eigenvalue weighted by Crippen LogP contribution is -2.21. The fraction of sp³-hybridized carbons (Fsp3) is 0.278. The second-order valence-corrected chi connectivity index (χ2v) is 8.21. The highest BCUT2D eigenvalue weighted by molar-refractivity contribution is 7.99. The van der Waals surface area contributed by atoms with Crippen molar-refractivity contribution in [2.75, 3.05) is 11.1 Å². The Balaban J connectivity index is 1.52. The third kappa shape index (κ3) is 3.10. The molecule has 0 atom stereocenters. The predicted octanol–water partition coefficient (Wildman–Crippen LogP) is 2.92. The molecule has 1 aliphatic rings. The molecule has 134 valence electrons. The second kappa shape index (κ2) is 6.77. The van der Waals surface area contributed by atoms with Crippen LogP contribution in [-0.2, 0) is 24.7 Å². The molecule has 8 heteroatoms. The largest absolute Gasteiger partial charge is 0.508 e. The van der Waals surface area contributed by atoms with Crippen molar-refractivity contribution in [3.05, 3.63) is 45.1 Å². The van der Waals surface area contributed by atoms with Crippen molar-refractivity contribution in [1.82, 2.24) is 9.55 Å². The van der Waals surface area contributed by atoms with Gasteiger partial charge in [-0.15, -0.1) is 11.3 Å². The van der Waals surface area contributed by atoms with Crippen molar-refractivity contribution in [3.63, 3.8) is 0 Å². The van der Waals surface area contributed by atoms with Crippen LogP contribution in [0.15, 0.2) is 34.2 Å². The number of aromatic nitrogens is 2. The lowest BCUT2D eigenvalue weighted by Gasteiger charge is -2.08. The maximum absolute atomic E-state index is 12.7. The first-order chi connectivity index (χ1) is 12.5. The lowest BCUT2D eigenvalue weighted by molar-refractivity contribution is -0.113. The van der Waals surface area contributed by atoms with Gasteiger partial charge in [0.25, 0.3) is 5.56 Å². The number of phenols is 1. The van der Waals surface area contributed by atoms with E-state index in [0.29, 0.717) is 10.8 Å². The monoisotopic (exact) mass is 387 g/mol. The van der Waals surface area contributed by atoms with Crippen molar-refractivity contribution in [2.45, 2.75) is 24.4 Å². The Morgan fingerprint density at radius 1 is 1.35 bits per heavy atom. The number of carbonyl (C=O) groups excluding carboxylic acids is 1. The van der Waals surface area contributed by atoms with Crippen LogP contribution in [-0.4, -0.2) is 26.3 Å². The maximum Gasteiger partial charge on any atom is 0.262 e. The van der Waals surface area contributed by atoms with E-state index in [0.717, 1.165) is 29.5 Å². The Bertz CT molecular complexity index is 1050. The molecule has 6 nitrogen and oxygen atoms in total. The molecule has 0 radical (unpaired) electrons. The van der Waals surface area contributed by atoms with E-state index in [1.54, 1.807) is 30.5 Å². The topological polar surface area (TPSA) is 84.2 Å². The van der Waals surface area contributed by atoms with E-state index >= 15 is 0 Å². The Labute approximate surface area is 157 Å². The number of thioether (sulfide) groups is 1. The Hall–Kier alpha value is -2.32. The van der Waals surface area contributed by atoms with Gasteiger partial charge in [0.2, 0.25) is 5.91 Å². The van der Waals surface area contributed by atoms with Crippen molar-refractivity contribution in [3.8, 4) is 5.75 Å². The summed E-state index contributed by atoms with van der Waals surface area (Å²) in [7, 11) is 1.70. The molecular formula is C18H17N3O3S2. The molecule has 26 heavy (non-hydrogen) atoms. The van der Waals surface area contributed by atoms with Crippen LogP contribution in [0.5, 0.6) is 5.75 Å². The van der Waals surface area contributed by atoms with Crippen LogP contribution in [0.25, 0.3) is 10.2 Å². The zero-order chi connectivity index (χ0) is 18.3. The first-order valence-corrected chi connectivity index (χ1v) is 10.1. The van der Waals surface area contributed by atoms with Gasteiger partial charge in [-0.25, -0.2) is 4.98 Å². The molecular weight excluding hydrogens is 370 g/mol. The van der Waals surface area contributed by atoms with Crippen LogP contribution < -0.4 is 10.9 Å². The van der Waals surface area contributed by atoms with E-state index in [1.165, 1.54) is 38.9 Å². The zero-order valence-electron chi connectivity index (χ0n) is 14.1. The van der Waals surface area contributed by atoms with Crippen LogP contribution in [0, 0.1) is 0 Å². The molecule has 1 amide bonds. The van der Waals surface area contributed by atoms with Crippen LogP contribution in [0.3, 0.4) is 0 Å². The van der Waals surface area contributed by atoms with Crippen molar-refractivity contribution >= 4 is 44.9 Å². The minimum Gasteiger partial charge on any atom is -0.508 e. The van der Waals surface area contributed by atoms with E-state index in [-0.39, 0.29) is 23.0 Å². The molecule has 0 saturated carbocycles. The predicted molar refractivity (Wildman–Crippen MR) is 104 cm³/mol. The third-order valence-electron chi connectivity index (χ3n) is 4.39. The summed E-state index contributed by atoms with van der Waals surface area (Å²) in [6.07, 6.45) is 3.08. The molecule has 0 bridgehead atoms. The highest BCUT2D eigenvalue weighted by atomic mass is 32.2. The minimum atomic E-state index is -0.191. The lowest BCUT2D eigenvalue weighted by atomic mass is 10.2. The molecule has 0 spiro atoms. The first-order valence-electron chi connectivity index (χ1n) is 8.26. The number of thiophene rings is 1. The Morgan fingerprint density at radius 3 is 2.88 bits per heavy atom. The van der Waals surface area contributed by atoms with E-state index in [2.05, 4.69) is 10.3 Å². The van der Waals surface area contributed by atoms with Crippen LogP contribution in [0.2, 0.25) is 0 Å². The summed E-state index contributed by atoms with van der Waals surface area (Å²) < 4.78 is 1.53. The summed E-state index contributed by atoms with van der Waals surface area (Å²) in [6.45, 7) is 0. The summed E-state index contributed by atoms with van der Waals surface area (Å²) in [5, 5.41) is 13.3.